The van der Waals surface area contributed by atoms with Crippen molar-refractivity contribution in [3.63, 3.8) is 0 Å². The summed E-state index contributed by atoms with van der Waals surface area (Å²) in [5.74, 6) is -0.335. The molecule has 3 unspecified atom stereocenters. The van der Waals surface area contributed by atoms with E-state index in [1.54, 1.807) is 0 Å². The summed E-state index contributed by atoms with van der Waals surface area (Å²) in [6, 6.07) is 0. The zero-order valence-corrected chi connectivity index (χ0v) is 15.5. The number of carbonyl (C=O) groups excluding carboxylic acids is 1. The van der Waals surface area contributed by atoms with Crippen LogP contribution in [0.2, 0.25) is 0 Å². The maximum absolute atomic E-state index is 12.0. The number of carboxylic acids is 1. The molecular weight excluding hydrogens is 316 g/mol. The molecule has 1 rings (SSSR count). The molecule has 2 N–H and O–H groups in total. The molecule has 0 amide bonds. The van der Waals surface area contributed by atoms with E-state index in [1.807, 2.05) is 24.3 Å². The summed E-state index contributed by atoms with van der Waals surface area (Å²) >= 11 is 0. The first-order chi connectivity index (χ1) is 12.0. The molecular formula is C21H34O4. The molecule has 142 valence electrons. The van der Waals surface area contributed by atoms with Crippen molar-refractivity contribution in [3.8, 4) is 0 Å². The van der Waals surface area contributed by atoms with Gasteiger partial charge in [0.1, 0.15) is 5.78 Å². The van der Waals surface area contributed by atoms with E-state index < -0.39 is 12.1 Å². The Morgan fingerprint density at radius 1 is 1.24 bits per heavy atom. The van der Waals surface area contributed by atoms with Gasteiger partial charge in [-0.05, 0) is 31.6 Å². The molecule has 1 fully saturated rings. The lowest BCUT2D eigenvalue weighted by Gasteiger charge is -2.13. The van der Waals surface area contributed by atoms with Crippen LogP contribution in [0, 0.1) is 11.8 Å². The van der Waals surface area contributed by atoms with Crippen LogP contribution in [0.1, 0.15) is 77.6 Å². The van der Waals surface area contributed by atoms with Crippen LogP contribution in [0.4, 0.5) is 0 Å². The van der Waals surface area contributed by atoms with Gasteiger partial charge in [-0.2, -0.15) is 0 Å². The lowest BCUT2D eigenvalue weighted by molar-refractivity contribution is -0.136. The normalized spacial score (nSPS) is 22.2. The summed E-state index contributed by atoms with van der Waals surface area (Å²) in [6.45, 7) is 2.19. The van der Waals surface area contributed by atoms with Gasteiger partial charge >= 0.3 is 5.97 Å². The molecule has 0 aromatic carbocycles. The van der Waals surface area contributed by atoms with Gasteiger partial charge in [-0.3, -0.25) is 9.59 Å². The third-order valence-electron chi connectivity index (χ3n) is 4.92. The predicted octanol–water partition coefficient (Wildman–Crippen LogP) is 4.67. The first-order valence-corrected chi connectivity index (χ1v) is 9.80. The van der Waals surface area contributed by atoms with Crippen LogP contribution >= 0.6 is 0 Å². The number of hydrogen-bond acceptors (Lipinski definition) is 3. The number of aliphatic hydroxyl groups excluding tert-OH is 1. The zero-order valence-electron chi connectivity index (χ0n) is 15.5. The minimum Gasteiger partial charge on any atom is -0.481 e. The first-order valence-electron chi connectivity index (χ1n) is 9.80. The smallest absolute Gasteiger partial charge is 0.303 e. The van der Waals surface area contributed by atoms with E-state index in [9.17, 15) is 14.7 Å². The molecule has 3 atom stereocenters. The number of ketones is 1. The molecule has 1 aliphatic carbocycles. The second-order valence-electron chi connectivity index (χ2n) is 7.07. The van der Waals surface area contributed by atoms with Crippen molar-refractivity contribution in [2.24, 2.45) is 11.8 Å². The number of carboxylic acid groups (broad SMARTS) is 1. The van der Waals surface area contributed by atoms with Crippen molar-refractivity contribution in [1.82, 2.24) is 0 Å². The Bertz CT molecular complexity index is 453. The Morgan fingerprint density at radius 3 is 2.72 bits per heavy atom. The average Bonchev–Trinajstić information content (AvgIpc) is 2.92. The van der Waals surface area contributed by atoms with Crippen molar-refractivity contribution in [2.75, 3.05) is 0 Å². The second-order valence-corrected chi connectivity index (χ2v) is 7.07. The molecule has 0 bridgehead atoms. The number of carbonyl (C=O) groups is 2. The number of unbranched alkanes of at least 4 members (excludes halogenated alkanes) is 4. The van der Waals surface area contributed by atoms with Crippen molar-refractivity contribution >= 4 is 11.8 Å². The molecule has 0 spiro atoms. The number of allylic oxidation sites excluding steroid dienone is 3. The highest BCUT2D eigenvalue weighted by Crippen LogP contribution is 2.33. The number of aliphatic hydroxyl groups is 1. The molecule has 0 heterocycles. The largest absolute Gasteiger partial charge is 0.481 e. The quantitative estimate of drug-likeness (QED) is 0.374. The standard InChI is InChI=1S/C21H34O4/c1-2-3-4-5-7-10-18(22)15-13-17-14-16-20(23)19(17)11-8-6-9-12-21(24)25/h6,8,13,15,17-19,22H,2-5,7,9-12,14,16H2,1H3,(H,24,25)/b8-6+,15-13+. The Kier molecular flexibility index (Phi) is 11.1. The Morgan fingerprint density at radius 2 is 2.00 bits per heavy atom. The highest BCUT2D eigenvalue weighted by atomic mass is 16.4. The lowest BCUT2D eigenvalue weighted by atomic mass is 9.91. The van der Waals surface area contributed by atoms with E-state index in [0.29, 0.717) is 19.3 Å². The van der Waals surface area contributed by atoms with Crippen LogP contribution in [0.15, 0.2) is 24.3 Å². The van der Waals surface area contributed by atoms with E-state index in [2.05, 4.69) is 6.92 Å². The summed E-state index contributed by atoms with van der Waals surface area (Å²) in [7, 11) is 0. The van der Waals surface area contributed by atoms with E-state index in [0.717, 1.165) is 19.3 Å². The molecule has 4 heteroatoms. The maximum atomic E-state index is 12.0. The molecule has 0 aromatic rings. The highest BCUT2D eigenvalue weighted by Gasteiger charge is 2.31. The molecule has 1 saturated carbocycles. The van der Waals surface area contributed by atoms with E-state index >= 15 is 0 Å². The van der Waals surface area contributed by atoms with E-state index in [-0.39, 0.29) is 24.0 Å². The van der Waals surface area contributed by atoms with E-state index in [1.165, 1.54) is 25.7 Å². The number of aliphatic carboxylic acids is 1. The minimum absolute atomic E-state index is 0.0194. The molecule has 4 nitrogen and oxygen atoms in total. The Hall–Kier alpha value is -1.42. The highest BCUT2D eigenvalue weighted by molar-refractivity contribution is 5.83. The van der Waals surface area contributed by atoms with Crippen LogP contribution in [0.5, 0.6) is 0 Å². The van der Waals surface area contributed by atoms with Crippen molar-refractivity contribution < 1.29 is 19.8 Å². The minimum atomic E-state index is -0.800. The van der Waals surface area contributed by atoms with Crippen LogP contribution in [-0.4, -0.2) is 28.1 Å². The van der Waals surface area contributed by atoms with Gasteiger partial charge < -0.3 is 10.2 Å². The molecule has 0 radical (unpaired) electrons. The Balaban J connectivity index is 2.34. The summed E-state index contributed by atoms with van der Waals surface area (Å²) in [5.41, 5.74) is 0. The van der Waals surface area contributed by atoms with Crippen LogP contribution in [0.3, 0.4) is 0 Å². The van der Waals surface area contributed by atoms with Gasteiger partial charge in [-0.25, -0.2) is 0 Å². The fourth-order valence-electron chi connectivity index (χ4n) is 3.36. The van der Waals surface area contributed by atoms with Gasteiger partial charge in [0.2, 0.25) is 0 Å². The molecule has 0 aliphatic heterocycles. The van der Waals surface area contributed by atoms with Crippen LogP contribution in [-0.2, 0) is 9.59 Å². The zero-order chi connectivity index (χ0) is 18.5. The number of hydrogen-bond donors (Lipinski definition) is 2. The third kappa shape index (κ3) is 9.59. The molecule has 0 saturated heterocycles. The summed E-state index contributed by atoms with van der Waals surface area (Å²) < 4.78 is 0. The first kappa shape index (κ1) is 21.6. The average molecular weight is 350 g/mol. The van der Waals surface area contributed by atoms with Gasteiger partial charge in [0.25, 0.3) is 0 Å². The van der Waals surface area contributed by atoms with Crippen molar-refractivity contribution in [2.45, 2.75) is 83.7 Å². The van der Waals surface area contributed by atoms with Crippen LogP contribution in [0.25, 0.3) is 0 Å². The monoisotopic (exact) mass is 350 g/mol. The molecule has 25 heavy (non-hydrogen) atoms. The summed E-state index contributed by atoms with van der Waals surface area (Å²) in [6.07, 6.45) is 16.8. The summed E-state index contributed by atoms with van der Waals surface area (Å²) in [5, 5.41) is 18.7. The van der Waals surface area contributed by atoms with Gasteiger partial charge in [0.15, 0.2) is 0 Å². The maximum Gasteiger partial charge on any atom is 0.303 e. The fraction of sp³-hybridized carbons (Fsp3) is 0.714. The topological polar surface area (TPSA) is 74.6 Å². The molecule has 0 aromatic heterocycles. The SMILES string of the molecule is CCCCCCCC(O)/C=C/C1CCC(=O)C1C/C=C/CCC(=O)O. The lowest BCUT2D eigenvalue weighted by Crippen LogP contribution is -2.13. The van der Waals surface area contributed by atoms with Gasteiger partial charge in [-0.15, -0.1) is 0 Å². The fourth-order valence-corrected chi connectivity index (χ4v) is 3.36. The predicted molar refractivity (Wildman–Crippen MR) is 100 cm³/mol. The summed E-state index contributed by atoms with van der Waals surface area (Å²) in [4.78, 5) is 22.5. The second kappa shape index (κ2) is 12.9. The van der Waals surface area contributed by atoms with Crippen molar-refractivity contribution in [3.05, 3.63) is 24.3 Å². The van der Waals surface area contributed by atoms with Crippen molar-refractivity contribution in [1.29, 1.82) is 0 Å². The van der Waals surface area contributed by atoms with Gasteiger partial charge in [0, 0.05) is 18.8 Å². The van der Waals surface area contributed by atoms with Gasteiger partial charge in [-0.1, -0.05) is 63.3 Å². The number of rotatable bonds is 13. The Labute approximate surface area is 152 Å². The molecule has 1 aliphatic rings. The third-order valence-corrected chi connectivity index (χ3v) is 4.92. The van der Waals surface area contributed by atoms with Crippen LogP contribution < -0.4 is 0 Å². The number of Topliss-reactive ketones (excluding diaryl/α,β-unsaturated/α-hetero) is 1. The van der Waals surface area contributed by atoms with Gasteiger partial charge in [0.05, 0.1) is 6.10 Å². The van der Waals surface area contributed by atoms with E-state index in [4.69, 9.17) is 5.11 Å².